The van der Waals surface area contributed by atoms with Crippen molar-refractivity contribution in [2.24, 2.45) is 5.92 Å². The van der Waals surface area contributed by atoms with Gasteiger partial charge in [0.05, 0.1) is 35.0 Å². The molecule has 3 heterocycles. The molecule has 2 aromatic heterocycles. The van der Waals surface area contributed by atoms with Gasteiger partial charge in [-0.25, -0.2) is 40.6 Å². The van der Waals surface area contributed by atoms with Gasteiger partial charge in [-0.05, 0) is 42.8 Å². The Kier molecular flexibility index (Phi) is 12.0. The Bertz CT molecular complexity index is 1770. The van der Waals surface area contributed by atoms with E-state index in [0.29, 0.717) is 10.6 Å². The summed E-state index contributed by atoms with van der Waals surface area (Å²) in [5.41, 5.74) is -2.26. The second-order valence-corrected chi connectivity index (χ2v) is 11.6. The van der Waals surface area contributed by atoms with Crippen LogP contribution in [0.4, 0.5) is 23.4 Å². The van der Waals surface area contributed by atoms with Crippen LogP contribution >= 0.6 is 11.6 Å². The molecule has 0 spiro atoms. The minimum atomic E-state index is -4.00. The molecule has 0 radical (unpaired) electrons. The summed E-state index contributed by atoms with van der Waals surface area (Å²) in [6.07, 6.45) is -4.83. The summed E-state index contributed by atoms with van der Waals surface area (Å²) in [4.78, 5) is 43.2. The van der Waals surface area contributed by atoms with Gasteiger partial charge >= 0.3 is 11.9 Å². The number of alkyl halides is 4. The second kappa shape index (κ2) is 15.5. The first-order chi connectivity index (χ1) is 21.7. The van der Waals surface area contributed by atoms with E-state index in [0.717, 1.165) is 18.3 Å². The number of rotatable bonds is 10. The van der Waals surface area contributed by atoms with Gasteiger partial charge in [-0.3, -0.25) is 14.5 Å². The van der Waals surface area contributed by atoms with Gasteiger partial charge in [0.2, 0.25) is 15.9 Å². The molecule has 0 aliphatic carbocycles. The predicted molar refractivity (Wildman–Crippen MR) is 154 cm³/mol. The van der Waals surface area contributed by atoms with Gasteiger partial charge in [-0.1, -0.05) is 23.7 Å². The lowest BCUT2D eigenvalue weighted by Gasteiger charge is -2.39. The number of nitriles is 1. The smallest absolute Gasteiger partial charge is 0.340 e. The quantitative estimate of drug-likeness (QED) is 0.226. The Labute approximate surface area is 264 Å². The van der Waals surface area contributed by atoms with Crippen molar-refractivity contribution in [3.8, 4) is 6.07 Å². The van der Waals surface area contributed by atoms with E-state index in [1.165, 1.54) is 24.0 Å². The molecule has 1 fully saturated rings. The van der Waals surface area contributed by atoms with Gasteiger partial charge in [-0.2, -0.15) is 5.26 Å². The lowest BCUT2D eigenvalue weighted by Crippen LogP contribution is -2.55. The molecular weight excluding hydrogens is 662 g/mol. The summed E-state index contributed by atoms with van der Waals surface area (Å²) < 4.78 is 82.5. The minimum Gasteiger partial charge on any atom is -0.478 e. The monoisotopic (exact) mass is 685 g/mol. The van der Waals surface area contributed by atoms with Crippen molar-refractivity contribution < 1.29 is 50.2 Å². The maximum Gasteiger partial charge on any atom is 0.340 e. The number of ether oxygens (including phenoxy) is 1. The molecule has 0 atom stereocenters. The van der Waals surface area contributed by atoms with Crippen molar-refractivity contribution in [1.82, 2.24) is 14.7 Å². The van der Waals surface area contributed by atoms with E-state index in [1.54, 1.807) is 24.3 Å². The molecule has 0 bridgehead atoms. The van der Waals surface area contributed by atoms with Crippen LogP contribution in [0.15, 0.2) is 48.7 Å². The number of carbonyl (C=O) groups excluding carboxylic acids is 2. The molecule has 1 aliphatic rings. The van der Waals surface area contributed by atoms with Crippen LogP contribution in [0.1, 0.15) is 63.0 Å². The number of sulfonamides is 1. The van der Waals surface area contributed by atoms with Gasteiger partial charge in [0.25, 0.3) is 12.9 Å². The molecule has 12 nitrogen and oxygen atoms in total. The molecule has 0 unspecified atom stereocenters. The molecule has 244 valence electrons. The van der Waals surface area contributed by atoms with Crippen LogP contribution in [0.2, 0.25) is 5.02 Å². The number of carboxylic acids is 1. The maximum absolute atomic E-state index is 13.5. The van der Waals surface area contributed by atoms with Gasteiger partial charge in [-0.15, -0.1) is 0 Å². The lowest BCUT2D eigenvalue weighted by atomic mass is 9.98. The number of halogens is 5. The average molecular weight is 686 g/mol. The summed E-state index contributed by atoms with van der Waals surface area (Å²) in [5, 5.41) is 18.2. The first kappa shape index (κ1) is 35.7. The molecule has 0 saturated carbocycles. The van der Waals surface area contributed by atoms with E-state index in [2.05, 4.69) is 9.97 Å². The van der Waals surface area contributed by atoms with Crippen molar-refractivity contribution in [2.45, 2.75) is 25.5 Å². The van der Waals surface area contributed by atoms with Gasteiger partial charge in [0.1, 0.15) is 23.3 Å². The molecule has 4 rings (SSSR count). The Balaban J connectivity index is 0.000000402. The van der Waals surface area contributed by atoms with Crippen molar-refractivity contribution in [3.05, 3.63) is 87.3 Å². The summed E-state index contributed by atoms with van der Waals surface area (Å²) in [7, 11) is -4.00. The number of aromatic carboxylic acids is 1. The number of amides is 1. The molecule has 46 heavy (non-hydrogen) atoms. The first-order valence-electron chi connectivity index (χ1n) is 13.1. The largest absolute Gasteiger partial charge is 0.478 e. The Hall–Kier alpha value is -4.82. The number of pyridine rings is 2. The Morgan fingerprint density at radius 1 is 1.11 bits per heavy atom. The van der Waals surface area contributed by atoms with E-state index in [-0.39, 0.29) is 31.1 Å². The lowest BCUT2D eigenvalue weighted by molar-refractivity contribution is -0.123. The summed E-state index contributed by atoms with van der Waals surface area (Å²) in [6, 6.07) is 11.4. The number of anilines is 1. The van der Waals surface area contributed by atoms with Crippen molar-refractivity contribution in [3.63, 3.8) is 0 Å². The minimum absolute atomic E-state index is 0.0473. The first-order valence-corrected chi connectivity index (χ1v) is 15.1. The topological polar surface area (TPSA) is 180 Å². The van der Waals surface area contributed by atoms with Crippen LogP contribution in [-0.2, 0) is 25.3 Å². The number of hydrogen-bond donors (Lipinski definition) is 2. The van der Waals surface area contributed by atoms with Crippen molar-refractivity contribution >= 4 is 45.3 Å². The highest BCUT2D eigenvalue weighted by atomic mass is 35.5. The molecule has 3 aromatic rings. The van der Waals surface area contributed by atoms with E-state index in [9.17, 15) is 45.6 Å². The van der Waals surface area contributed by atoms with E-state index in [1.807, 2.05) is 4.72 Å². The van der Waals surface area contributed by atoms with Crippen molar-refractivity contribution in [2.75, 3.05) is 24.6 Å². The van der Waals surface area contributed by atoms with Gasteiger partial charge in [0.15, 0.2) is 0 Å². The SMILES string of the molecule is CCOC(=O)c1cc(C#N)c(N2CC(C(=O)NS(=O)(=O)Cc3cccc(Cl)c3)C2)nc1C(F)F.O=C(O)c1cccnc1C(F)F. The third-order valence-electron chi connectivity index (χ3n) is 6.18. The average Bonchev–Trinajstić information content (AvgIpc) is 2.95. The predicted octanol–water partition coefficient (Wildman–Crippen LogP) is 4.52. The highest BCUT2D eigenvalue weighted by molar-refractivity contribution is 7.89. The molecule has 18 heteroatoms. The fourth-order valence-electron chi connectivity index (χ4n) is 4.09. The summed E-state index contributed by atoms with van der Waals surface area (Å²) in [6.45, 7) is 1.35. The van der Waals surface area contributed by atoms with Gasteiger partial charge < -0.3 is 14.7 Å². The third kappa shape index (κ3) is 9.11. The standard InChI is InChI=1S/C21H19ClF2N4O5S.C7H5F2NO2/c1-2-33-21(30)16-7-13(8-25)19(26-17(16)18(23)24)28-9-14(10-28)20(29)27-34(31,32)11-12-4-3-5-15(22)6-12;8-6(9)5-4(7(11)12)2-1-3-10-5/h3-7,14,18H,2,9-11H2,1H3,(H,27,29);1-3,6H,(H,11,12). The van der Waals surface area contributed by atoms with Crippen LogP contribution in [-0.4, -0.2) is 61.0 Å². The summed E-state index contributed by atoms with van der Waals surface area (Å²) >= 11 is 5.84. The van der Waals surface area contributed by atoms with Crippen LogP contribution in [0, 0.1) is 17.2 Å². The summed E-state index contributed by atoms with van der Waals surface area (Å²) in [5.74, 6) is -4.55. The van der Waals surface area contributed by atoms with E-state index < -0.39 is 74.9 Å². The van der Waals surface area contributed by atoms with Crippen LogP contribution in [0.25, 0.3) is 0 Å². The number of nitrogens with one attached hydrogen (secondary N) is 1. The second-order valence-electron chi connectivity index (χ2n) is 9.42. The molecular formula is C28H24ClF4N5O7S. The number of esters is 1. The number of carboxylic acid groups (broad SMARTS) is 1. The number of carbonyl (C=O) groups is 3. The van der Waals surface area contributed by atoms with Crippen LogP contribution in [0.5, 0.6) is 0 Å². The molecule has 1 aliphatic heterocycles. The zero-order valence-corrected chi connectivity index (χ0v) is 25.2. The van der Waals surface area contributed by atoms with Crippen LogP contribution < -0.4 is 9.62 Å². The fraction of sp³-hybridized carbons (Fsp3) is 0.286. The normalized spacial score (nSPS) is 12.9. The van der Waals surface area contributed by atoms with Gasteiger partial charge in [0, 0.05) is 24.3 Å². The molecule has 2 N–H and O–H groups in total. The third-order valence-corrected chi connectivity index (χ3v) is 7.64. The van der Waals surface area contributed by atoms with E-state index >= 15 is 0 Å². The fourth-order valence-corrected chi connectivity index (χ4v) is 5.46. The van der Waals surface area contributed by atoms with Crippen LogP contribution in [0.3, 0.4) is 0 Å². The number of hydrogen-bond acceptors (Lipinski definition) is 10. The molecule has 1 amide bonds. The number of aromatic nitrogens is 2. The number of nitrogens with zero attached hydrogens (tertiary/aromatic N) is 4. The highest BCUT2D eigenvalue weighted by Crippen LogP contribution is 2.32. The Morgan fingerprint density at radius 2 is 1.78 bits per heavy atom. The highest BCUT2D eigenvalue weighted by Gasteiger charge is 2.37. The Morgan fingerprint density at radius 3 is 2.33 bits per heavy atom. The molecule has 1 saturated heterocycles. The molecule has 1 aromatic carbocycles. The maximum atomic E-state index is 13.5. The van der Waals surface area contributed by atoms with Crippen molar-refractivity contribution in [1.29, 1.82) is 5.26 Å². The number of benzene rings is 1. The zero-order valence-electron chi connectivity index (χ0n) is 23.7. The zero-order chi connectivity index (χ0) is 34.2. The van der Waals surface area contributed by atoms with E-state index in [4.69, 9.17) is 21.4 Å².